The predicted octanol–water partition coefficient (Wildman–Crippen LogP) is 2.08. The molecule has 12 nitrogen and oxygen atoms in total. The molecule has 0 radical (unpaired) electrons. The van der Waals surface area contributed by atoms with Crippen LogP contribution in [0.2, 0.25) is 0 Å². The van der Waals surface area contributed by atoms with Crippen molar-refractivity contribution in [1.29, 1.82) is 0 Å². The number of rotatable bonds is 15. The van der Waals surface area contributed by atoms with Crippen LogP contribution in [0.25, 0.3) is 0 Å². The van der Waals surface area contributed by atoms with Gasteiger partial charge in [0.15, 0.2) is 0 Å². The van der Waals surface area contributed by atoms with E-state index in [4.69, 9.17) is 21.4 Å². The van der Waals surface area contributed by atoms with Crippen molar-refractivity contribution in [2.75, 3.05) is 13.1 Å². The van der Waals surface area contributed by atoms with Crippen molar-refractivity contribution >= 4 is 52.2 Å². The summed E-state index contributed by atoms with van der Waals surface area (Å²) < 4.78 is 16.3. The largest absolute Gasteiger partial charge is 0.478 e. The highest BCUT2D eigenvalue weighted by Gasteiger charge is 2.24. The molecule has 0 fully saturated rings. The molecule has 3 atom stereocenters. The Balaban J connectivity index is 1.96. The smallest absolute Gasteiger partial charge is 0.407 e. The van der Waals surface area contributed by atoms with Gasteiger partial charge >= 0.3 is 12.1 Å². The number of ether oxygens (including phenoxy) is 1. The molecule has 42 heavy (non-hydrogen) atoms. The summed E-state index contributed by atoms with van der Waals surface area (Å²) in [7, 11) is -1.49. The summed E-state index contributed by atoms with van der Waals surface area (Å²) in [6, 6.07) is 15.9. The van der Waals surface area contributed by atoms with Crippen molar-refractivity contribution in [1.82, 2.24) is 21.3 Å². The first-order valence-corrected chi connectivity index (χ1v) is 14.5. The molecule has 0 spiro atoms. The van der Waals surface area contributed by atoms with Crippen LogP contribution in [0.4, 0.5) is 4.79 Å². The average Bonchev–Trinajstić information content (AvgIpc) is 2.96. The standard InChI is InChI=1S/C28H33ClN4O8S/c1-18(2)42(40)22(29)13-21(14-25(36)37)32-23(34)15-30-27(38)26(20-11-7-4-8-12-20)33-24(35)16-31-28(39)41-17-19-9-5-3-6-10-19/h3-12,14,18,22,26H,13,15-17H2,1-2H3,(H,30,38)(H,31,39)(H,32,34)(H,33,35)(H,36,37)/b21-14+. The predicted molar refractivity (Wildman–Crippen MR) is 156 cm³/mol. The second kappa shape index (κ2) is 17.6. The first kappa shape index (κ1) is 34.0. The van der Waals surface area contributed by atoms with E-state index in [1.54, 1.807) is 68.4 Å². The number of hydrogen-bond donors (Lipinski definition) is 5. The third-order valence-electron chi connectivity index (χ3n) is 5.42. The zero-order valence-electron chi connectivity index (χ0n) is 23.0. The summed E-state index contributed by atoms with van der Waals surface area (Å²) in [4.78, 5) is 61.3. The summed E-state index contributed by atoms with van der Waals surface area (Å²) >= 11 is 6.13. The number of nitrogens with one attached hydrogen (secondary N) is 4. The quantitative estimate of drug-likeness (QED) is 0.148. The highest BCUT2D eigenvalue weighted by molar-refractivity contribution is 7.87. The van der Waals surface area contributed by atoms with Gasteiger partial charge in [0, 0.05) is 34.2 Å². The Morgan fingerprint density at radius 2 is 1.52 bits per heavy atom. The number of aliphatic carboxylic acids is 1. The van der Waals surface area contributed by atoms with Gasteiger partial charge in [-0.1, -0.05) is 74.5 Å². The summed E-state index contributed by atoms with van der Waals surface area (Å²) in [5.74, 6) is -3.55. The molecule has 0 aliphatic heterocycles. The van der Waals surface area contributed by atoms with Crippen LogP contribution >= 0.6 is 11.6 Å². The Kier molecular flexibility index (Phi) is 14.2. The van der Waals surface area contributed by atoms with Crippen LogP contribution < -0.4 is 21.3 Å². The maximum Gasteiger partial charge on any atom is 0.407 e. The summed E-state index contributed by atoms with van der Waals surface area (Å²) in [5.41, 5.74) is 1.08. The second-order valence-electron chi connectivity index (χ2n) is 9.09. The number of carbonyl (C=O) groups is 5. The molecule has 0 aromatic heterocycles. The van der Waals surface area contributed by atoms with Gasteiger partial charge in [-0.2, -0.15) is 0 Å². The van der Waals surface area contributed by atoms with Crippen LogP contribution in [0.1, 0.15) is 37.4 Å². The molecule has 0 saturated carbocycles. The summed E-state index contributed by atoms with van der Waals surface area (Å²) in [6.45, 7) is 2.34. The Labute approximate surface area is 250 Å². The van der Waals surface area contributed by atoms with E-state index < -0.39 is 64.4 Å². The summed E-state index contributed by atoms with van der Waals surface area (Å²) in [5, 5.41) is 18.4. The number of hydrogen-bond acceptors (Lipinski definition) is 7. The topological polar surface area (TPSA) is 180 Å². The molecule has 0 saturated heterocycles. The number of carbonyl (C=O) groups excluding carboxylic acids is 4. The van der Waals surface area contributed by atoms with Gasteiger partial charge in [0.05, 0.1) is 6.54 Å². The fraction of sp³-hybridized carbons (Fsp3) is 0.321. The highest BCUT2D eigenvalue weighted by atomic mass is 35.5. The maximum atomic E-state index is 13.0. The van der Waals surface area contributed by atoms with E-state index in [0.29, 0.717) is 5.56 Å². The lowest BCUT2D eigenvalue weighted by molar-refractivity contribution is -0.131. The van der Waals surface area contributed by atoms with Crippen molar-refractivity contribution < 1.29 is 38.0 Å². The molecule has 5 N–H and O–H groups in total. The second-order valence-corrected chi connectivity index (χ2v) is 12.0. The molecule has 0 heterocycles. The number of alkyl carbamates (subject to hydrolysis) is 1. The third kappa shape index (κ3) is 12.5. The van der Waals surface area contributed by atoms with Crippen LogP contribution in [-0.2, 0) is 41.3 Å². The van der Waals surface area contributed by atoms with Gasteiger partial charge in [-0.25, -0.2) is 9.59 Å². The van der Waals surface area contributed by atoms with Crippen molar-refractivity contribution in [2.45, 2.75) is 42.9 Å². The lowest BCUT2D eigenvalue weighted by atomic mass is 10.1. The minimum Gasteiger partial charge on any atom is -0.478 e. The van der Waals surface area contributed by atoms with Gasteiger partial charge in [-0.05, 0) is 11.1 Å². The van der Waals surface area contributed by atoms with Gasteiger partial charge in [0.25, 0.3) is 0 Å². The van der Waals surface area contributed by atoms with E-state index in [1.807, 2.05) is 6.07 Å². The minimum atomic E-state index is -1.49. The molecule has 0 aliphatic rings. The molecule has 2 aromatic carbocycles. The molecule has 3 unspecified atom stereocenters. The number of amides is 4. The normalized spacial score (nSPS) is 13.3. The van der Waals surface area contributed by atoms with Crippen LogP contribution in [0.3, 0.4) is 0 Å². The van der Waals surface area contributed by atoms with E-state index in [0.717, 1.165) is 11.6 Å². The van der Waals surface area contributed by atoms with E-state index in [9.17, 15) is 28.2 Å². The molecule has 14 heteroatoms. The van der Waals surface area contributed by atoms with Crippen LogP contribution in [0.5, 0.6) is 0 Å². The third-order valence-corrected chi connectivity index (χ3v) is 7.71. The van der Waals surface area contributed by atoms with Gasteiger partial charge in [-0.15, -0.1) is 11.6 Å². The van der Waals surface area contributed by atoms with Crippen molar-refractivity contribution in [3.63, 3.8) is 0 Å². The average molecular weight is 621 g/mol. The van der Waals surface area contributed by atoms with Crippen LogP contribution in [-0.4, -0.2) is 62.1 Å². The molecular formula is C28H33ClN4O8S. The molecule has 0 bridgehead atoms. The number of carboxylic acid groups (broad SMARTS) is 1. The van der Waals surface area contributed by atoms with Crippen molar-refractivity contribution in [2.24, 2.45) is 0 Å². The van der Waals surface area contributed by atoms with Gasteiger partial charge in [0.1, 0.15) is 23.9 Å². The van der Waals surface area contributed by atoms with E-state index in [1.165, 1.54) is 0 Å². The van der Waals surface area contributed by atoms with E-state index >= 15 is 0 Å². The Hall–Kier alpha value is -4.23. The lowest BCUT2D eigenvalue weighted by Crippen LogP contribution is -2.46. The Morgan fingerprint density at radius 1 is 0.929 bits per heavy atom. The van der Waals surface area contributed by atoms with E-state index in [2.05, 4.69) is 21.3 Å². The zero-order valence-corrected chi connectivity index (χ0v) is 24.6. The number of alkyl halides is 1. The molecule has 2 aromatic rings. The van der Waals surface area contributed by atoms with Gasteiger partial charge in [0.2, 0.25) is 17.7 Å². The molecule has 226 valence electrons. The molecule has 0 aliphatic carbocycles. The molecule has 2 rings (SSSR count). The van der Waals surface area contributed by atoms with Crippen LogP contribution in [0.15, 0.2) is 72.4 Å². The first-order valence-electron chi connectivity index (χ1n) is 12.8. The van der Waals surface area contributed by atoms with Gasteiger partial charge < -0.3 is 31.1 Å². The summed E-state index contributed by atoms with van der Waals surface area (Å²) in [6.07, 6.45) is -0.285. The monoisotopic (exact) mass is 620 g/mol. The zero-order chi connectivity index (χ0) is 31.1. The van der Waals surface area contributed by atoms with Gasteiger partial charge in [-0.3, -0.25) is 18.6 Å². The van der Waals surface area contributed by atoms with Crippen molar-refractivity contribution in [3.05, 3.63) is 83.6 Å². The fourth-order valence-electron chi connectivity index (χ4n) is 3.42. The maximum absolute atomic E-state index is 13.0. The first-order chi connectivity index (χ1) is 20.0. The van der Waals surface area contributed by atoms with Crippen LogP contribution in [0, 0.1) is 0 Å². The van der Waals surface area contributed by atoms with Crippen molar-refractivity contribution in [3.8, 4) is 0 Å². The Bertz CT molecular complexity index is 1290. The molecular weight excluding hydrogens is 588 g/mol. The lowest BCUT2D eigenvalue weighted by Gasteiger charge is -2.19. The fourth-order valence-corrected chi connectivity index (χ4v) is 5.14. The number of carboxylic acids is 1. The molecule has 4 amide bonds. The van der Waals surface area contributed by atoms with E-state index in [-0.39, 0.29) is 24.0 Å². The number of benzene rings is 2. The SMILES string of the molecule is CC(C)S(=O)C(Cl)C/C(=C\C(=O)O)NC(=O)CNC(=O)C(NC(=O)CNC(=O)OCc1ccccc1)c1ccccc1. The minimum absolute atomic E-state index is 0.00982. The highest BCUT2D eigenvalue weighted by Crippen LogP contribution is 2.17. The number of halogens is 1. The number of allylic oxidation sites excluding steroid dienone is 1. The Morgan fingerprint density at radius 3 is 2.12 bits per heavy atom.